The Morgan fingerprint density at radius 2 is 2.14 bits per heavy atom. The number of H-pyrrole nitrogens is 1. The molecular formula is C9H10N4O. The first kappa shape index (κ1) is 8.71. The normalized spacial score (nSPS) is 10.4. The number of rotatable bonds is 1. The van der Waals surface area contributed by atoms with Gasteiger partial charge in [-0.3, -0.25) is 9.80 Å². The van der Waals surface area contributed by atoms with Gasteiger partial charge in [-0.2, -0.15) is 0 Å². The Labute approximate surface area is 80.1 Å². The molecule has 0 spiro atoms. The first-order chi connectivity index (χ1) is 6.68. The van der Waals surface area contributed by atoms with Crippen LogP contribution in [0.3, 0.4) is 0 Å². The molecule has 1 heterocycles. The van der Waals surface area contributed by atoms with Crippen LogP contribution in [0.15, 0.2) is 29.1 Å². The van der Waals surface area contributed by atoms with Crippen molar-refractivity contribution in [1.29, 1.82) is 0 Å². The molecule has 0 bridgehead atoms. The number of hydrogen-bond acceptors (Lipinski definition) is 4. The maximum atomic E-state index is 11.4. The predicted molar refractivity (Wildman–Crippen MR) is 55.0 cm³/mol. The van der Waals surface area contributed by atoms with Crippen LogP contribution >= 0.6 is 0 Å². The highest BCUT2D eigenvalue weighted by molar-refractivity contribution is 5.75. The topological polar surface area (TPSA) is 75.0 Å². The summed E-state index contributed by atoms with van der Waals surface area (Å²) in [5.41, 5.74) is 1.15. The second-order valence-electron chi connectivity index (χ2n) is 3.02. The number of nitrogens with zero attached hydrogens (tertiary/aromatic N) is 2. The predicted octanol–water partition coefficient (Wildman–Crippen LogP) is 0.233. The van der Waals surface area contributed by atoms with Gasteiger partial charge in [0.1, 0.15) is 0 Å². The van der Waals surface area contributed by atoms with E-state index in [0.717, 1.165) is 5.52 Å². The van der Waals surface area contributed by atoms with Gasteiger partial charge in [0.15, 0.2) is 0 Å². The largest absolute Gasteiger partial charge is 0.317 e. The summed E-state index contributed by atoms with van der Waals surface area (Å²) in [5, 5.41) is 1.20. The summed E-state index contributed by atoms with van der Waals surface area (Å²) in [6, 6.07) is 7.31. The molecule has 0 amide bonds. The Kier molecular flexibility index (Phi) is 1.94. The molecule has 0 atom stereocenters. The molecule has 5 heteroatoms. The molecular weight excluding hydrogens is 180 g/mol. The molecule has 0 radical (unpaired) electrons. The van der Waals surface area contributed by atoms with Gasteiger partial charge in [-0.15, -0.1) is 0 Å². The van der Waals surface area contributed by atoms with Gasteiger partial charge in [-0.25, -0.2) is 10.8 Å². The fourth-order valence-electron chi connectivity index (χ4n) is 1.26. The first-order valence-electron chi connectivity index (χ1n) is 4.16. The van der Waals surface area contributed by atoms with Crippen molar-refractivity contribution in [3.05, 3.63) is 34.6 Å². The van der Waals surface area contributed by atoms with Gasteiger partial charge in [-0.1, -0.05) is 12.1 Å². The van der Waals surface area contributed by atoms with Gasteiger partial charge in [0.05, 0.1) is 11.0 Å². The van der Waals surface area contributed by atoms with Gasteiger partial charge < -0.3 is 4.98 Å². The van der Waals surface area contributed by atoms with Gasteiger partial charge in [0.2, 0.25) is 5.82 Å². The second-order valence-corrected chi connectivity index (χ2v) is 3.02. The molecule has 0 aliphatic heterocycles. The Balaban J connectivity index is 2.78. The standard InChI is InChI=1S/C9H10N4O/c1-13(10)8-9(14)12-7-5-3-2-4-6(7)11-8/h2-5H,10H2,1H3,(H,12,14). The van der Waals surface area contributed by atoms with E-state index in [1.54, 1.807) is 13.1 Å². The third-order valence-electron chi connectivity index (χ3n) is 1.92. The van der Waals surface area contributed by atoms with E-state index in [-0.39, 0.29) is 11.4 Å². The average molecular weight is 190 g/mol. The number of aromatic amines is 1. The Hall–Kier alpha value is -1.88. The third kappa shape index (κ3) is 1.33. The summed E-state index contributed by atoms with van der Waals surface area (Å²) >= 11 is 0. The van der Waals surface area contributed by atoms with Gasteiger partial charge in [-0.05, 0) is 12.1 Å². The van der Waals surface area contributed by atoms with Crippen LogP contribution in [0.5, 0.6) is 0 Å². The second kappa shape index (κ2) is 3.12. The van der Waals surface area contributed by atoms with Crippen molar-refractivity contribution in [3.63, 3.8) is 0 Å². The molecule has 0 aliphatic carbocycles. The lowest BCUT2D eigenvalue weighted by atomic mass is 10.3. The SMILES string of the molecule is CN(N)c1nc2ccccc2[nH]c1=O. The molecule has 0 saturated heterocycles. The van der Waals surface area contributed by atoms with E-state index in [2.05, 4.69) is 9.97 Å². The van der Waals surface area contributed by atoms with Crippen LogP contribution in [-0.4, -0.2) is 17.0 Å². The molecule has 1 aromatic heterocycles. The van der Waals surface area contributed by atoms with Gasteiger partial charge in [0.25, 0.3) is 5.56 Å². The van der Waals surface area contributed by atoms with Crippen molar-refractivity contribution in [3.8, 4) is 0 Å². The monoisotopic (exact) mass is 190 g/mol. The molecule has 0 aliphatic rings. The van der Waals surface area contributed by atoms with Crippen LogP contribution in [0.25, 0.3) is 11.0 Å². The Morgan fingerprint density at radius 3 is 2.86 bits per heavy atom. The zero-order chi connectivity index (χ0) is 10.1. The van der Waals surface area contributed by atoms with Crippen LogP contribution in [-0.2, 0) is 0 Å². The summed E-state index contributed by atoms with van der Waals surface area (Å²) in [4.78, 5) is 18.3. The quantitative estimate of drug-likeness (QED) is 0.498. The molecule has 0 fully saturated rings. The summed E-state index contributed by atoms with van der Waals surface area (Å²) < 4.78 is 0. The number of benzene rings is 1. The van der Waals surface area contributed by atoms with Crippen molar-refractivity contribution in [2.24, 2.45) is 5.84 Å². The number of anilines is 1. The van der Waals surface area contributed by atoms with E-state index in [9.17, 15) is 4.79 Å². The highest BCUT2D eigenvalue weighted by Crippen LogP contribution is 2.08. The molecule has 72 valence electrons. The lowest BCUT2D eigenvalue weighted by Gasteiger charge is -2.09. The van der Waals surface area contributed by atoms with Crippen LogP contribution in [0, 0.1) is 0 Å². The molecule has 14 heavy (non-hydrogen) atoms. The summed E-state index contributed by atoms with van der Waals surface area (Å²) in [6.07, 6.45) is 0. The molecule has 1 aromatic carbocycles. The van der Waals surface area contributed by atoms with Gasteiger partial charge in [0, 0.05) is 7.05 Å². The molecule has 3 N–H and O–H groups in total. The summed E-state index contributed by atoms with van der Waals surface area (Å²) in [7, 11) is 1.58. The maximum Gasteiger partial charge on any atom is 0.292 e. The highest BCUT2D eigenvalue weighted by Gasteiger charge is 2.05. The Morgan fingerprint density at radius 1 is 1.43 bits per heavy atom. The number of hydrazine groups is 1. The molecule has 5 nitrogen and oxygen atoms in total. The molecule has 0 saturated carbocycles. The fourth-order valence-corrected chi connectivity index (χ4v) is 1.26. The van der Waals surface area contributed by atoms with Crippen molar-refractivity contribution in [2.45, 2.75) is 0 Å². The minimum atomic E-state index is -0.284. The van der Waals surface area contributed by atoms with E-state index >= 15 is 0 Å². The molecule has 2 aromatic rings. The number of hydrogen-bond donors (Lipinski definition) is 2. The van der Waals surface area contributed by atoms with Crippen LogP contribution in [0.1, 0.15) is 0 Å². The number of nitrogens with one attached hydrogen (secondary N) is 1. The lowest BCUT2D eigenvalue weighted by Crippen LogP contribution is -2.32. The van der Waals surface area contributed by atoms with Crippen molar-refractivity contribution >= 4 is 16.9 Å². The first-order valence-corrected chi connectivity index (χ1v) is 4.16. The average Bonchev–Trinajstić information content (AvgIpc) is 2.16. The fraction of sp³-hybridized carbons (Fsp3) is 0.111. The van der Waals surface area contributed by atoms with Crippen molar-refractivity contribution in [1.82, 2.24) is 9.97 Å². The van der Waals surface area contributed by atoms with Crippen LogP contribution < -0.4 is 16.4 Å². The Bertz CT molecular complexity index is 517. The van der Waals surface area contributed by atoms with Crippen LogP contribution in [0.2, 0.25) is 0 Å². The molecule has 2 rings (SSSR count). The number of nitrogens with two attached hydrogens (primary N) is 1. The summed E-state index contributed by atoms with van der Waals surface area (Å²) in [5.74, 6) is 5.67. The number of fused-ring (bicyclic) bond motifs is 1. The maximum absolute atomic E-state index is 11.4. The third-order valence-corrected chi connectivity index (χ3v) is 1.92. The van der Waals surface area contributed by atoms with E-state index in [0.29, 0.717) is 5.52 Å². The minimum Gasteiger partial charge on any atom is -0.317 e. The summed E-state index contributed by atoms with van der Waals surface area (Å²) in [6.45, 7) is 0. The van der Waals surface area contributed by atoms with Crippen molar-refractivity contribution < 1.29 is 0 Å². The van der Waals surface area contributed by atoms with E-state index in [1.165, 1.54) is 5.01 Å². The van der Waals surface area contributed by atoms with Crippen molar-refractivity contribution in [2.75, 3.05) is 12.1 Å². The number of aromatic nitrogens is 2. The van der Waals surface area contributed by atoms with E-state index < -0.39 is 0 Å². The zero-order valence-corrected chi connectivity index (χ0v) is 7.69. The van der Waals surface area contributed by atoms with E-state index in [1.807, 2.05) is 18.2 Å². The highest BCUT2D eigenvalue weighted by atomic mass is 16.1. The van der Waals surface area contributed by atoms with E-state index in [4.69, 9.17) is 5.84 Å². The van der Waals surface area contributed by atoms with Crippen LogP contribution in [0.4, 0.5) is 5.82 Å². The van der Waals surface area contributed by atoms with Gasteiger partial charge >= 0.3 is 0 Å². The zero-order valence-electron chi connectivity index (χ0n) is 7.69. The molecule has 0 unspecified atom stereocenters. The minimum absolute atomic E-state index is 0.212. The lowest BCUT2D eigenvalue weighted by molar-refractivity contribution is 0.960. The number of para-hydroxylation sites is 2. The smallest absolute Gasteiger partial charge is 0.292 e.